The quantitative estimate of drug-likeness (QED) is 0.627. The highest BCUT2D eigenvalue weighted by Gasteiger charge is 2.40. The molecule has 0 aromatic heterocycles. The minimum Gasteiger partial charge on any atom is -0.401 e. The van der Waals surface area contributed by atoms with Crippen LogP contribution in [0.4, 0.5) is 0 Å². The second kappa shape index (κ2) is 4.40. The van der Waals surface area contributed by atoms with Gasteiger partial charge in [-0.2, -0.15) is 0 Å². The number of rotatable bonds is 2. The van der Waals surface area contributed by atoms with Gasteiger partial charge in [-0.1, -0.05) is 26.8 Å². The van der Waals surface area contributed by atoms with Crippen LogP contribution in [-0.2, 0) is 4.43 Å². The Labute approximate surface area is 107 Å². The van der Waals surface area contributed by atoms with E-state index in [1.54, 1.807) is 0 Å². The van der Waals surface area contributed by atoms with E-state index in [1.165, 1.54) is 42.9 Å². The molecule has 2 heteroatoms. The zero-order valence-corrected chi connectivity index (χ0v) is 12.9. The summed E-state index contributed by atoms with van der Waals surface area (Å²) >= 11 is 0. The van der Waals surface area contributed by atoms with Gasteiger partial charge in [0, 0.05) is 0 Å². The van der Waals surface area contributed by atoms with Crippen molar-refractivity contribution in [3.63, 3.8) is 0 Å². The molecule has 17 heavy (non-hydrogen) atoms. The summed E-state index contributed by atoms with van der Waals surface area (Å²) in [6.45, 7) is 11.6. The summed E-state index contributed by atoms with van der Waals surface area (Å²) in [5.74, 6) is 0. The minimum absolute atomic E-state index is 0.284. The van der Waals surface area contributed by atoms with E-state index in [4.69, 9.17) is 4.43 Å². The maximum atomic E-state index is 6.44. The van der Waals surface area contributed by atoms with E-state index in [2.05, 4.69) is 46.0 Å². The lowest BCUT2D eigenvalue weighted by Gasteiger charge is -2.38. The molecule has 0 N–H and O–H groups in total. The van der Waals surface area contributed by atoms with Crippen molar-refractivity contribution in [2.45, 2.75) is 64.6 Å². The molecule has 2 rings (SSSR count). The fourth-order valence-corrected chi connectivity index (χ4v) is 3.24. The van der Waals surface area contributed by atoms with Crippen molar-refractivity contribution >= 4 is 8.32 Å². The van der Waals surface area contributed by atoms with Crippen molar-refractivity contribution in [3.8, 4) is 0 Å². The van der Waals surface area contributed by atoms with Crippen LogP contribution in [0.1, 0.15) is 46.5 Å². The van der Waals surface area contributed by atoms with Crippen molar-refractivity contribution < 1.29 is 4.43 Å². The lowest BCUT2D eigenvalue weighted by atomic mass is 9.93. The van der Waals surface area contributed by atoms with E-state index in [0.29, 0.717) is 0 Å². The summed E-state index contributed by atoms with van der Waals surface area (Å²) in [4.78, 5) is 0. The number of allylic oxidation sites excluding steroid dienone is 2. The Balaban J connectivity index is 2.11. The zero-order valence-electron chi connectivity index (χ0n) is 11.9. The Morgan fingerprint density at radius 2 is 1.71 bits per heavy atom. The summed E-state index contributed by atoms with van der Waals surface area (Å²) in [7, 11) is -1.67. The molecule has 0 unspecified atom stereocenters. The highest BCUT2D eigenvalue weighted by molar-refractivity contribution is 6.74. The van der Waals surface area contributed by atoms with E-state index in [-0.39, 0.29) is 5.04 Å². The summed E-state index contributed by atoms with van der Waals surface area (Å²) in [6.07, 6.45) is 10.8. The Bertz CT molecular complexity index is 358. The molecule has 0 saturated heterocycles. The van der Waals surface area contributed by atoms with Gasteiger partial charge < -0.3 is 4.43 Å². The van der Waals surface area contributed by atoms with Gasteiger partial charge in [-0.05, 0) is 61.0 Å². The predicted octanol–water partition coefficient (Wildman–Crippen LogP) is 4.98. The van der Waals surface area contributed by atoms with Crippen molar-refractivity contribution in [2.75, 3.05) is 0 Å². The summed E-state index contributed by atoms with van der Waals surface area (Å²) in [6, 6.07) is 0. The third-order valence-electron chi connectivity index (χ3n) is 4.42. The van der Waals surface area contributed by atoms with Gasteiger partial charge in [0.25, 0.3) is 0 Å². The van der Waals surface area contributed by atoms with Crippen LogP contribution >= 0.6 is 0 Å². The van der Waals surface area contributed by atoms with E-state index >= 15 is 0 Å². The van der Waals surface area contributed by atoms with Gasteiger partial charge in [0.1, 0.15) is 6.10 Å². The van der Waals surface area contributed by atoms with Crippen molar-refractivity contribution in [3.05, 3.63) is 29.4 Å². The lowest BCUT2D eigenvalue weighted by molar-refractivity contribution is 0.337. The fraction of sp³-hybridized carbons (Fsp3) is 0.667. The molecule has 0 bridgehead atoms. The van der Waals surface area contributed by atoms with Crippen molar-refractivity contribution in [1.82, 2.24) is 0 Å². The highest BCUT2D eigenvalue weighted by Crippen LogP contribution is 2.44. The van der Waals surface area contributed by atoms with Crippen LogP contribution in [0, 0.1) is 6.10 Å². The third-order valence-corrected chi connectivity index (χ3v) is 8.76. The van der Waals surface area contributed by atoms with Gasteiger partial charge in [0.15, 0.2) is 8.32 Å². The van der Waals surface area contributed by atoms with Crippen LogP contribution in [0.2, 0.25) is 18.1 Å². The Hall–Kier alpha value is -0.343. The molecule has 1 nitrogen and oxygen atoms in total. The zero-order chi connectivity index (χ0) is 12.7. The topological polar surface area (TPSA) is 9.23 Å². The van der Waals surface area contributed by atoms with Gasteiger partial charge in [-0.3, -0.25) is 0 Å². The monoisotopic (exact) mass is 249 g/mol. The van der Waals surface area contributed by atoms with Gasteiger partial charge in [0.2, 0.25) is 0 Å². The van der Waals surface area contributed by atoms with Gasteiger partial charge in [-0.15, -0.1) is 0 Å². The lowest BCUT2D eigenvalue weighted by Crippen LogP contribution is -2.41. The normalized spacial score (nSPS) is 22.2. The molecule has 2 aliphatic carbocycles. The first-order valence-corrected chi connectivity index (χ1v) is 9.68. The van der Waals surface area contributed by atoms with E-state index in [9.17, 15) is 0 Å². The predicted molar refractivity (Wildman–Crippen MR) is 76.2 cm³/mol. The van der Waals surface area contributed by atoms with Crippen molar-refractivity contribution in [1.29, 1.82) is 0 Å². The molecule has 0 atom stereocenters. The van der Waals surface area contributed by atoms with Gasteiger partial charge in [0.05, 0.1) is 0 Å². The summed E-state index contributed by atoms with van der Waals surface area (Å²) in [5, 5.41) is 0.284. The SMILES string of the molecule is CC(C)(C)[Si](C)(C)O[C]1C=CC2=C1CCCC2. The summed E-state index contributed by atoms with van der Waals surface area (Å²) < 4.78 is 6.44. The average molecular weight is 249 g/mol. The molecule has 0 saturated carbocycles. The van der Waals surface area contributed by atoms with Gasteiger partial charge >= 0.3 is 0 Å². The number of hydrogen-bond acceptors (Lipinski definition) is 1. The summed E-state index contributed by atoms with van der Waals surface area (Å²) in [5.41, 5.74) is 3.03. The minimum atomic E-state index is -1.67. The Kier molecular flexibility index (Phi) is 3.39. The molecular weight excluding hydrogens is 224 g/mol. The van der Waals surface area contributed by atoms with Crippen LogP contribution in [0.25, 0.3) is 0 Å². The molecule has 0 aromatic rings. The molecular formula is C15H25OSi. The maximum absolute atomic E-state index is 6.44. The molecule has 0 amide bonds. The van der Waals surface area contributed by atoms with Crippen LogP contribution < -0.4 is 0 Å². The smallest absolute Gasteiger partial charge is 0.193 e. The maximum Gasteiger partial charge on any atom is 0.193 e. The molecule has 0 aromatic carbocycles. The third kappa shape index (κ3) is 2.58. The molecule has 95 valence electrons. The van der Waals surface area contributed by atoms with E-state index in [1.807, 2.05) is 0 Å². The molecule has 0 heterocycles. The largest absolute Gasteiger partial charge is 0.401 e. The first kappa shape index (κ1) is 13.1. The Morgan fingerprint density at radius 3 is 2.35 bits per heavy atom. The second-order valence-corrected chi connectivity index (χ2v) is 11.5. The standard InChI is InChI=1S/C15H25OSi/c1-15(2,3)17(4,5)16-14-11-10-12-8-6-7-9-13(12)14/h10-11H,6-9H2,1-5H3. The molecule has 0 fully saturated rings. The molecule has 1 radical (unpaired) electrons. The van der Waals surface area contributed by atoms with Crippen molar-refractivity contribution in [2.24, 2.45) is 0 Å². The first-order valence-electron chi connectivity index (χ1n) is 6.78. The number of hydrogen-bond donors (Lipinski definition) is 0. The first-order chi connectivity index (χ1) is 7.81. The fourth-order valence-electron chi connectivity index (χ4n) is 2.19. The van der Waals surface area contributed by atoms with Gasteiger partial charge in [-0.25, -0.2) is 0 Å². The van der Waals surface area contributed by atoms with Crippen LogP contribution in [-0.4, -0.2) is 8.32 Å². The average Bonchev–Trinajstić information content (AvgIpc) is 2.60. The van der Waals surface area contributed by atoms with E-state index in [0.717, 1.165) is 0 Å². The molecule has 0 spiro atoms. The van der Waals surface area contributed by atoms with Crippen LogP contribution in [0.15, 0.2) is 23.3 Å². The molecule has 0 aliphatic heterocycles. The highest BCUT2D eigenvalue weighted by atomic mass is 28.4. The van der Waals surface area contributed by atoms with Crippen LogP contribution in [0.3, 0.4) is 0 Å². The van der Waals surface area contributed by atoms with E-state index < -0.39 is 8.32 Å². The molecule has 2 aliphatic rings. The second-order valence-electron chi connectivity index (χ2n) is 6.77. The Morgan fingerprint density at radius 1 is 1.06 bits per heavy atom. The van der Waals surface area contributed by atoms with Crippen LogP contribution in [0.5, 0.6) is 0 Å².